The fourth-order valence-electron chi connectivity index (χ4n) is 2.69. The zero-order valence-electron chi connectivity index (χ0n) is 13.7. The summed E-state index contributed by atoms with van der Waals surface area (Å²) in [7, 11) is 0. The van der Waals surface area contributed by atoms with Gasteiger partial charge >= 0.3 is 0 Å². The molecule has 3 rings (SSSR count). The number of aryl methyl sites for hydroxylation is 1. The van der Waals surface area contributed by atoms with Crippen LogP contribution >= 0.6 is 23.8 Å². The minimum atomic E-state index is -0.425. The Balaban J connectivity index is 1.97. The van der Waals surface area contributed by atoms with Crippen molar-refractivity contribution in [3.05, 3.63) is 74.4 Å². The van der Waals surface area contributed by atoms with Crippen LogP contribution in [0.15, 0.2) is 48.2 Å². The van der Waals surface area contributed by atoms with Gasteiger partial charge in [-0.2, -0.15) is 0 Å². The van der Waals surface area contributed by atoms with Gasteiger partial charge in [0.2, 0.25) is 0 Å². The standard InChI is InChI=1S/C18H14ClN3O3S/c1-2-12-8-7-11(10-16(12)22(24)25)9-14-17(23)21(18(26)20-14)15-6-4-3-5-13(15)19/h3-10H,2H2,1H3,(H,20,26)/b14-9-. The molecule has 6 nitrogen and oxygen atoms in total. The van der Waals surface area contributed by atoms with Crippen LogP contribution < -0.4 is 10.2 Å². The first-order valence-corrected chi connectivity index (χ1v) is 8.60. The zero-order chi connectivity index (χ0) is 18.8. The van der Waals surface area contributed by atoms with Crippen molar-refractivity contribution in [3.63, 3.8) is 0 Å². The molecule has 1 heterocycles. The topological polar surface area (TPSA) is 75.5 Å². The number of anilines is 1. The number of amides is 1. The third kappa shape index (κ3) is 3.31. The van der Waals surface area contributed by atoms with Crippen LogP contribution in [0.25, 0.3) is 6.08 Å². The molecular formula is C18H14ClN3O3S. The van der Waals surface area contributed by atoms with Crippen molar-refractivity contribution in [2.45, 2.75) is 13.3 Å². The second kappa shape index (κ2) is 7.23. The summed E-state index contributed by atoms with van der Waals surface area (Å²) < 4.78 is 0. The van der Waals surface area contributed by atoms with Gasteiger partial charge in [0.15, 0.2) is 5.11 Å². The van der Waals surface area contributed by atoms with E-state index in [-0.39, 0.29) is 22.4 Å². The first-order valence-electron chi connectivity index (χ1n) is 7.81. The quantitative estimate of drug-likeness (QED) is 0.370. The molecule has 132 valence electrons. The number of thiocarbonyl (C=S) groups is 1. The molecule has 0 saturated carbocycles. The van der Waals surface area contributed by atoms with Gasteiger partial charge in [0.1, 0.15) is 5.70 Å². The van der Waals surface area contributed by atoms with Crippen LogP contribution in [0.3, 0.4) is 0 Å². The molecule has 2 aromatic rings. The monoisotopic (exact) mass is 387 g/mol. The lowest BCUT2D eigenvalue weighted by Gasteiger charge is -2.15. The number of hydrogen-bond acceptors (Lipinski definition) is 4. The third-order valence-electron chi connectivity index (χ3n) is 3.97. The summed E-state index contributed by atoms with van der Waals surface area (Å²) in [6.07, 6.45) is 2.09. The van der Waals surface area contributed by atoms with Gasteiger partial charge in [-0.3, -0.25) is 19.8 Å². The summed E-state index contributed by atoms with van der Waals surface area (Å²) >= 11 is 11.4. The molecule has 1 aliphatic heterocycles. The van der Waals surface area contributed by atoms with Gasteiger partial charge in [0.25, 0.3) is 11.6 Å². The van der Waals surface area contributed by atoms with Crippen LogP contribution in [0.1, 0.15) is 18.1 Å². The van der Waals surface area contributed by atoms with Gasteiger partial charge < -0.3 is 5.32 Å². The van der Waals surface area contributed by atoms with E-state index in [0.717, 1.165) is 0 Å². The molecule has 8 heteroatoms. The number of nitro benzene ring substituents is 1. The second-order valence-corrected chi connectivity index (χ2v) is 6.37. The minimum absolute atomic E-state index is 0.0258. The van der Waals surface area contributed by atoms with Crippen molar-refractivity contribution >= 4 is 52.3 Å². The molecule has 1 N–H and O–H groups in total. The van der Waals surface area contributed by atoms with E-state index in [4.69, 9.17) is 23.8 Å². The molecule has 26 heavy (non-hydrogen) atoms. The second-order valence-electron chi connectivity index (χ2n) is 5.58. The van der Waals surface area contributed by atoms with Crippen LogP contribution in [0.4, 0.5) is 11.4 Å². The van der Waals surface area contributed by atoms with Gasteiger partial charge in [-0.15, -0.1) is 0 Å². The normalized spacial score (nSPS) is 15.5. The lowest BCUT2D eigenvalue weighted by atomic mass is 10.1. The Bertz CT molecular complexity index is 958. The van der Waals surface area contributed by atoms with E-state index in [1.54, 1.807) is 36.4 Å². The number of carbonyl (C=O) groups is 1. The minimum Gasteiger partial charge on any atom is -0.327 e. The van der Waals surface area contributed by atoms with E-state index in [9.17, 15) is 14.9 Å². The molecular weight excluding hydrogens is 374 g/mol. The predicted molar refractivity (Wildman–Crippen MR) is 105 cm³/mol. The van der Waals surface area contributed by atoms with E-state index < -0.39 is 4.92 Å². The average Bonchev–Trinajstić information content (AvgIpc) is 2.89. The Morgan fingerprint density at radius 3 is 2.69 bits per heavy atom. The van der Waals surface area contributed by atoms with Gasteiger partial charge in [0.05, 0.1) is 15.6 Å². The molecule has 0 atom stereocenters. The fourth-order valence-corrected chi connectivity index (χ4v) is 3.20. The first-order chi connectivity index (χ1) is 12.4. The average molecular weight is 388 g/mol. The van der Waals surface area contributed by atoms with Crippen molar-refractivity contribution in [2.75, 3.05) is 4.90 Å². The Labute approximate surface area is 160 Å². The highest BCUT2D eigenvalue weighted by molar-refractivity contribution is 7.80. The molecule has 1 saturated heterocycles. The van der Waals surface area contributed by atoms with Crippen molar-refractivity contribution < 1.29 is 9.72 Å². The fraction of sp³-hybridized carbons (Fsp3) is 0.111. The van der Waals surface area contributed by atoms with Gasteiger partial charge in [-0.05, 0) is 42.4 Å². The number of halogens is 1. The van der Waals surface area contributed by atoms with E-state index in [1.165, 1.54) is 17.0 Å². The lowest BCUT2D eigenvalue weighted by Crippen LogP contribution is -2.30. The Hall–Kier alpha value is -2.77. The van der Waals surface area contributed by atoms with Gasteiger partial charge in [-0.25, -0.2) is 0 Å². The number of benzene rings is 2. The Morgan fingerprint density at radius 2 is 2.04 bits per heavy atom. The number of para-hydroxylation sites is 1. The van der Waals surface area contributed by atoms with Crippen LogP contribution in [-0.2, 0) is 11.2 Å². The number of carbonyl (C=O) groups excluding carboxylic acids is 1. The summed E-state index contributed by atoms with van der Waals surface area (Å²) in [5, 5.41) is 14.7. The van der Waals surface area contributed by atoms with Gasteiger partial charge in [-0.1, -0.05) is 42.8 Å². The summed E-state index contributed by atoms with van der Waals surface area (Å²) in [4.78, 5) is 24.8. The van der Waals surface area contributed by atoms with E-state index in [1.807, 2.05) is 6.92 Å². The first kappa shape index (κ1) is 18.0. The van der Waals surface area contributed by atoms with Crippen molar-refractivity contribution in [3.8, 4) is 0 Å². The Kier molecular flexibility index (Phi) is 5.01. The molecule has 0 radical (unpaired) electrons. The summed E-state index contributed by atoms with van der Waals surface area (Å²) in [5.41, 5.74) is 1.91. The largest absolute Gasteiger partial charge is 0.327 e. The number of rotatable bonds is 4. The highest BCUT2D eigenvalue weighted by Gasteiger charge is 2.33. The maximum atomic E-state index is 12.7. The Morgan fingerprint density at radius 1 is 1.31 bits per heavy atom. The number of nitrogens with zero attached hydrogens (tertiary/aromatic N) is 2. The van der Waals surface area contributed by atoms with Crippen molar-refractivity contribution in [1.29, 1.82) is 0 Å². The maximum Gasteiger partial charge on any atom is 0.281 e. The summed E-state index contributed by atoms with van der Waals surface area (Å²) in [6.45, 7) is 1.85. The molecule has 0 aromatic heterocycles. The molecule has 1 aliphatic rings. The number of nitrogens with one attached hydrogen (secondary N) is 1. The van der Waals surface area contributed by atoms with Crippen molar-refractivity contribution in [2.24, 2.45) is 0 Å². The molecule has 2 aromatic carbocycles. The molecule has 0 bridgehead atoms. The zero-order valence-corrected chi connectivity index (χ0v) is 15.3. The van der Waals surface area contributed by atoms with Crippen LogP contribution in [-0.4, -0.2) is 15.9 Å². The smallest absolute Gasteiger partial charge is 0.281 e. The van der Waals surface area contributed by atoms with E-state index >= 15 is 0 Å². The van der Waals surface area contributed by atoms with Crippen LogP contribution in [0.5, 0.6) is 0 Å². The van der Waals surface area contributed by atoms with Gasteiger partial charge in [0, 0.05) is 11.6 Å². The highest BCUT2D eigenvalue weighted by Crippen LogP contribution is 2.30. The SMILES string of the molecule is CCc1ccc(/C=C2\NC(=S)N(c3ccccc3Cl)C2=O)cc1[N+](=O)[O-]. The predicted octanol–water partition coefficient (Wildman–Crippen LogP) is 4.07. The van der Waals surface area contributed by atoms with Crippen molar-refractivity contribution in [1.82, 2.24) is 5.32 Å². The molecule has 0 aliphatic carbocycles. The van der Waals surface area contributed by atoms with E-state index in [0.29, 0.717) is 28.3 Å². The third-order valence-corrected chi connectivity index (χ3v) is 4.57. The van der Waals surface area contributed by atoms with E-state index in [2.05, 4.69) is 5.32 Å². The highest BCUT2D eigenvalue weighted by atomic mass is 35.5. The van der Waals surface area contributed by atoms with Crippen LogP contribution in [0.2, 0.25) is 5.02 Å². The maximum absolute atomic E-state index is 12.7. The molecule has 0 unspecified atom stereocenters. The number of hydrogen-bond donors (Lipinski definition) is 1. The summed E-state index contributed by atoms with van der Waals surface area (Å²) in [6, 6.07) is 11.7. The molecule has 0 spiro atoms. The lowest BCUT2D eigenvalue weighted by molar-refractivity contribution is -0.385. The molecule has 1 fully saturated rings. The molecule has 1 amide bonds. The van der Waals surface area contributed by atoms with Crippen LogP contribution in [0, 0.1) is 10.1 Å². The summed E-state index contributed by atoms with van der Waals surface area (Å²) in [5.74, 6) is -0.370. The number of nitro groups is 1.